The molecule has 6 nitrogen and oxygen atoms in total. The monoisotopic (exact) mass is 1110 g/mol. The zero-order valence-corrected chi connectivity index (χ0v) is 47.0. The van der Waals surface area contributed by atoms with Gasteiger partial charge in [0.2, 0.25) is 0 Å². The normalized spacial score (nSPS) is 11.2. The molecule has 13 rings (SSSR count). The van der Waals surface area contributed by atoms with Gasteiger partial charge in [-0.25, -0.2) is 15.0 Å². The first kappa shape index (κ1) is 53.5. The number of benzene rings is 12. The molecule has 0 N–H and O–H groups in total. The summed E-state index contributed by atoms with van der Waals surface area (Å²) < 4.78 is 37.1. The molecule has 13 aromatic rings. The van der Waals surface area contributed by atoms with Crippen molar-refractivity contribution in [2.45, 2.75) is 0 Å². The fourth-order valence-corrected chi connectivity index (χ4v) is 15.8. The van der Waals surface area contributed by atoms with E-state index in [1.807, 2.05) is 188 Å². The second-order valence-electron chi connectivity index (χ2n) is 19.7. The summed E-state index contributed by atoms with van der Waals surface area (Å²) >= 11 is 0. The number of aromatic nitrogens is 3. The summed E-state index contributed by atoms with van der Waals surface area (Å²) in [6.45, 7) is 0. The van der Waals surface area contributed by atoms with Gasteiger partial charge >= 0.3 is 0 Å². The van der Waals surface area contributed by atoms with Crippen LogP contribution in [0.15, 0.2) is 334 Å². The van der Waals surface area contributed by atoms with E-state index in [9.17, 15) is 0 Å². The molecular formula is C75H55N3O3P2. The second-order valence-corrected chi connectivity index (χ2v) is 25.2. The van der Waals surface area contributed by atoms with Crippen molar-refractivity contribution >= 4 is 46.1 Å². The van der Waals surface area contributed by atoms with E-state index in [-0.39, 0.29) is 0 Å². The Morgan fingerprint density at radius 3 is 0.711 bits per heavy atom. The van der Waals surface area contributed by atoms with E-state index in [2.05, 4.69) is 146 Å². The van der Waals surface area contributed by atoms with Crippen molar-refractivity contribution in [3.8, 4) is 79.0 Å². The van der Waals surface area contributed by atoms with Crippen molar-refractivity contribution in [1.29, 1.82) is 0 Å². The van der Waals surface area contributed by atoms with Gasteiger partial charge in [-0.15, -0.1) is 0 Å². The molecule has 1 heterocycles. The molecule has 0 fully saturated rings. The fourth-order valence-electron chi connectivity index (χ4n) is 10.3. The fraction of sp³-hybridized carbons (Fsp3) is 0. The van der Waals surface area contributed by atoms with Crippen LogP contribution in [0, 0.1) is 0 Å². The number of ether oxygens (including phenoxy) is 1. The highest BCUT2D eigenvalue weighted by Gasteiger charge is 2.35. The third kappa shape index (κ3) is 11.6. The van der Waals surface area contributed by atoms with Gasteiger partial charge in [-0.2, -0.15) is 0 Å². The lowest BCUT2D eigenvalue weighted by molar-refractivity contribution is 0.489. The molecule has 83 heavy (non-hydrogen) atoms. The van der Waals surface area contributed by atoms with Crippen LogP contribution in [0.4, 0.5) is 0 Å². The molecule has 0 spiro atoms. The van der Waals surface area contributed by atoms with Crippen LogP contribution in [0.2, 0.25) is 0 Å². The zero-order chi connectivity index (χ0) is 56.3. The zero-order valence-electron chi connectivity index (χ0n) is 45.2. The number of hydrogen-bond acceptors (Lipinski definition) is 6. The van der Waals surface area contributed by atoms with Crippen LogP contribution >= 0.6 is 14.3 Å². The highest BCUT2D eigenvalue weighted by Crippen LogP contribution is 2.48. The van der Waals surface area contributed by atoms with Crippen molar-refractivity contribution < 1.29 is 13.9 Å². The molecular weight excluding hydrogens is 1050 g/mol. The summed E-state index contributed by atoms with van der Waals surface area (Å²) in [5, 5.41) is 4.04. The van der Waals surface area contributed by atoms with Crippen LogP contribution in [0.25, 0.3) is 67.5 Å². The number of rotatable bonds is 14. The summed E-state index contributed by atoms with van der Waals surface area (Å²) in [6.07, 6.45) is 0. The lowest BCUT2D eigenvalue weighted by Crippen LogP contribution is -2.27. The van der Waals surface area contributed by atoms with Crippen molar-refractivity contribution in [3.05, 3.63) is 334 Å². The van der Waals surface area contributed by atoms with Gasteiger partial charge in [0.05, 0.1) is 10.6 Å². The molecule has 0 aliphatic heterocycles. The third-order valence-corrected chi connectivity index (χ3v) is 20.6. The summed E-state index contributed by atoms with van der Waals surface area (Å²) in [6, 6.07) is 109. The molecule has 0 radical (unpaired) electrons. The maximum absolute atomic E-state index is 15.2. The summed E-state index contributed by atoms with van der Waals surface area (Å²) in [5.41, 5.74) is 9.65. The van der Waals surface area contributed by atoms with Crippen molar-refractivity contribution in [3.63, 3.8) is 0 Å². The molecule has 0 saturated heterocycles. The van der Waals surface area contributed by atoms with Gasteiger partial charge in [0.25, 0.3) is 0 Å². The quantitative estimate of drug-likeness (QED) is 0.101. The van der Waals surface area contributed by atoms with Crippen LogP contribution in [-0.2, 0) is 9.13 Å². The molecule has 0 atom stereocenters. The molecule has 0 aliphatic rings. The van der Waals surface area contributed by atoms with Crippen LogP contribution in [0.3, 0.4) is 0 Å². The molecule has 12 aromatic carbocycles. The Morgan fingerprint density at radius 1 is 0.217 bits per heavy atom. The van der Waals surface area contributed by atoms with E-state index in [0.29, 0.717) is 39.6 Å². The molecule has 0 amide bonds. The van der Waals surface area contributed by atoms with Crippen LogP contribution < -0.4 is 36.6 Å². The lowest BCUT2D eigenvalue weighted by Gasteiger charge is -2.25. The largest absolute Gasteiger partial charge is 0.456 e. The predicted octanol–water partition coefficient (Wildman–Crippen LogP) is 16.6. The number of para-hydroxylation sites is 2. The van der Waals surface area contributed by atoms with Gasteiger partial charge in [-0.3, -0.25) is 0 Å². The highest BCUT2D eigenvalue weighted by atomic mass is 31.2. The Bertz CT molecular complexity index is 3930. The Labute approximate surface area is 484 Å². The molecule has 8 heteroatoms. The Hall–Kier alpha value is -10.1. The van der Waals surface area contributed by atoms with Crippen molar-refractivity contribution in [2.75, 3.05) is 0 Å². The van der Waals surface area contributed by atoms with Gasteiger partial charge < -0.3 is 13.9 Å². The first-order chi connectivity index (χ1) is 40.9. The van der Waals surface area contributed by atoms with Gasteiger partial charge in [0.1, 0.15) is 11.5 Å². The van der Waals surface area contributed by atoms with Crippen LogP contribution in [0.1, 0.15) is 0 Å². The minimum absolute atomic E-state index is 0.462. The Morgan fingerprint density at radius 2 is 0.434 bits per heavy atom. The maximum Gasteiger partial charge on any atom is 0.174 e. The van der Waals surface area contributed by atoms with Gasteiger partial charge in [0, 0.05) is 37.9 Å². The summed E-state index contributed by atoms with van der Waals surface area (Å²) in [4.78, 5) is 15.1. The van der Waals surface area contributed by atoms with Crippen molar-refractivity contribution in [1.82, 2.24) is 15.0 Å². The number of nitrogens with zero attached hydrogens (tertiary/aromatic N) is 3. The molecule has 0 saturated carbocycles. The topological polar surface area (TPSA) is 82.0 Å². The molecule has 0 bridgehead atoms. The first-order valence-electron chi connectivity index (χ1n) is 27.5. The van der Waals surface area contributed by atoms with Gasteiger partial charge in [-0.1, -0.05) is 291 Å². The highest BCUT2D eigenvalue weighted by molar-refractivity contribution is 7.86. The minimum atomic E-state index is -3.32. The minimum Gasteiger partial charge on any atom is -0.456 e. The average molecular weight is 1110 g/mol. The molecule has 398 valence electrons. The predicted molar refractivity (Wildman–Crippen MR) is 344 cm³/mol. The SMILES string of the molecule is O=P(c1ccccc1)(c1ccccc1)c1ccccc1Oc1ccccc1P(=O)(c1ccccc1)c1ccccc1.c1ccc(-c2cccc(-c3nc(-c4cccc(-c5ccccc5)c4)nc(-c4cccc(-c5ccccc5)c4)n3)c2)cc1. The van der Waals surface area contributed by atoms with E-state index in [0.717, 1.165) is 71.3 Å². The van der Waals surface area contributed by atoms with Crippen LogP contribution in [-0.4, -0.2) is 15.0 Å². The molecule has 0 unspecified atom stereocenters. The smallest absolute Gasteiger partial charge is 0.174 e. The van der Waals surface area contributed by atoms with E-state index >= 15 is 9.13 Å². The molecule has 0 aliphatic carbocycles. The summed E-state index contributed by atoms with van der Waals surface area (Å²) in [5.74, 6) is 2.85. The number of hydrogen-bond donors (Lipinski definition) is 0. The van der Waals surface area contributed by atoms with Gasteiger partial charge in [0.15, 0.2) is 31.8 Å². The molecule has 1 aromatic heterocycles. The Kier molecular flexibility index (Phi) is 16.0. The van der Waals surface area contributed by atoms with Crippen molar-refractivity contribution in [2.24, 2.45) is 0 Å². The lowest BCUT2D eigenvalue weighted by atomic mass is 10.0. The van der Waals surface area contributed by atoms with Crippen LogP contribution in [0.5, 0.6) is 11.5 Å². The maximum atomic E-state index is 15.2. The Balaban J connectivity index is 0.000000164. The summed E-state index contributed by atoms with van der Waals surface area (Å²) in [7, 11) is -6.63. The first-order valence-corrected chi connectivity index (χ1v) is 30.9. The third-order valence-electron chi connectivity index (χ3n) is 14.4. The van der Waals surface area contributed by atoms with E-state index in [1.165, 1.54) is 0 Å². The van der Waals surface area contributed by atoms with E-state index in [1.54, 1.807) is 0 Å². The average Bonchev–Trinajstić information content (AvgIpc) is 3.74. The van der Waals surface area contributed by atoms with Gasteiger partial charge in [-0.05, 0) is 75.8 Å². The second kappa shape index (κ2) is 24.7. The standard InChI is InChI=1S/C39H27N3.C36H28O3P2/c1-4-13-28(14-5-1)31-19-10-22-34(25-31)37-40-38(35-23-11-20-32(26-35)29-15-6-2-7-16-29)42-39(41-37)36-24-12-21-33(27-36)30-17-8-3-9-18-30;37-40(29-17-5-1-6-18-29,30-19-7-2-8-20-30)35-27-15-13-25-33(35)39-34-26-14-16-28-36(34)41(38,31-21-9-3-10-22-31)32-23-11-4-12-24-32/h1-27H;1-28H. The van der Waals surface area contributed by atoms with E-state index < -0.39 is 14.3 Å². The van der Waals surface area contributed by atoms with E-state index in [4.69, 9.17) is 19.7 Å².